The Morgan fingerprint density at radius 1 is 1.15 bits per heavy atom. The van der Waals surface area contributed by atoms with Gasteiger partial charge in [0.25, 0.3) is 5.91 Å². The molecule has 1 aromatic heterocycles. The summed E-state index contributed by atoms with van der Waals surface area (Å²) < 4.78 is 1.96. The summed E-state index contributed by atoms with van der Waals surface area (Å²) >= 11 is 0. The molecule has 2 fully saturated rings. The Hall–Kier alpha value is -0.890. The zero-order valence-electron chi connectivity index (χ0n) is 16.0. The number of halogens is 2. The van der Waals surface area contributed by atoms with Crippen LogP contribution in [0, 0.1) is 12.8 Å². The zero-order chi connectivity index (χ0) is 17.1. The number of hydrogen-bond acceptors (Lipinski definition) is 5. The summed E-state index contributed by atoms with van der Waals surface area (Å²) in [4.78, 5) is 17.2. The number of piperidine rings is 1. The van der Waals surface area contributed by atoms with E-state index in [4.69, 9.17) is 0 Å². The van der Waals surface area contributed by atoms with Gasteiger partial charge in [-0.1, -0.05) is 19.1 Å². The molecule has 3 heterocycles. The fraction of sp³-hybridized carbons (Fsp3) is 0.824. The van der Waals surface area contributed by atoms with Crippen molar-refractivity contribution in [1.82, 2.24) is 30.1 Å². The van der Waals surface area contributed by atoms with E-state index < -0.39 is 0 Å². The van der Waals surface area contributed by atoms with Gasteiger partial charge in [-0.3, -0.25) is 9.69 Å². The van der Waals surface area contributed by atoms with Gasteiger partial charge in [-0.25, -0.2) is 4.68 Å². The van der Waals surface area contributed by atoms with E-state index in [9.17, 15) is 4.79 Å². The van der Waals surface area contributed by atoms with Crippen LogP contribution in [0.15, 0.2) is 0 Å². The maximum absolute atomic E-state index is 12.8. The van der Waals surface area contributed by atoms with Crippen LogP contribution in [0.2, 0.25) is 0 Å². The van der Waals surface area contributed by atoms with Crippen molar-refractivity contribution in [3.05, 3.63) is 11.4 Å². The summed E-state index contributed by atoms with van der Waals surface area (Å²) in [6, 6.07) is 0.364. The third-order valence-electron chi connectivity index (χ3n) is 5.07. The monoisotopic (exact) mass is 406 g/mol. The van der Waals surface area contributed by atoms with Crippen molar-refractivity contribution in [2.24, 2.45) is 5.92 Å². The molecule has 1 amide bonds. The molecule has 0 saturated carbocycles. The number of rotatable bonds is 4. The average molecular weight is 407 g/mol. The largest absolute Gasteiger partial charge is 0.335 e. The Morgan fingerprint density at radius 2 is 1.77 bits per heavy atom. The summed E-state index contributed by atoms with van der Waals surface area (Å²) in [6.07, 6.45) is 2.09. The molecule has 2 aliphatic rings. The van der Waals surface area contributed by atoms with Crippen LogP contribution in [0.5, 0.6) is 0 Å². The average Bonchev–Trinajstić information content (AvgIpc) is 2.97. The lowest BCUT2D eigenvalue weighted by Gasteiger charge is -2.35. The molecular formula is C17H32Cl2N6O. The van der Waals surface area contributed by atoms with Crippen LogP contribution in [0.25, 0.3) is 0 Å². The number of nitrogens with one attached hydrogen (secondary N) is 1. The number of carbonyl (C=O) groups excluding carboxylic acids is 1. The summed E-state index contributed by atoms with van der Waals surface area (Å²) in [6.45, 7) is 13.0. The van der Waals surface area contributed by atoms with E-state index in [0.29, 0.717) is 17.7 Å². The first-order valence-electron chi connectivity index (χ1n) is 9.20. The fourth-order valence-corrected chi connectivity index (χ4v) is 3.74. The second-order valence-corrected chi connectivity index (χ2v) is 7.44. The van der Waals surface area contributed by atoms with E-state index in [2.05, 4.69) is 34.4 Å². The zero-order valence-corrected chi connectivity index (χ0v) is 17.6. The van der Waals surface area contributed by atoms with E-state index in [1.54, 1.807) is 0 Å². The van der Waals surface area contributed by atoms with Gasteiger partial charge in [0.05, 0.1) is 11.7 Å². The Kier molecular flexibility index (Phi) is 9.30. The first kappa shape index (κ1) is 23.1. The van der Waals surface area contributed by atoms with Gasteiger partial charge in [0, 0.05) is 32.7 Å². The topological polar surface area (TPSA) is 66.3 Å². The predicted octanol–water partition coefficient (Wildman–Crippen LogP) is 1.77. The van der Waals surface area contributed by atoms with E-state index in [0.717, 1.165) is 64.3 Å². The number of nitrogens with zero attached hydrogens (tertiary/aromatic N) is 5. The molecule has 2 aliphatic heterocycles. The smallest absolute Gasteiger partial charge is 0.276 e. The van der Waals surface area contributed by atoms with Gasteiger partial charge in [0.1, 0.15) is 0 Å². The van der Waals surface area contributed by atoms with Gasteiger partial charge in [0.15, 0.2) is 5.69 Å². The lowest BCUT2D eigenvalue weighted by Crippen LogP contribution is -2.49. The molecule has 0 atom stereocenters. The molecule has 9 heteroatoms. The normalized spacial score (nSPS) is 19.2. The fourth-order valence-electron chi connectivity index (χ4n) is 3.74. The molecule has 0 unspecified atom stereocenters. The molecule has 0 aliphatic carbocycles. The van der Waals surface area contributed by atoms with Crippen molar-refractivity contribution in [3.63, 3.8) is 0 Å². The lowest BCUT2D eigenvalue weighted by molar-refractivity contribution is 0.0617. The minimum Gasteiger partial charge on any atom is -0.335 e. The second-order valence-electron chi connectivity index (χ2n) is 7.44. The highest BCUT2D eigenvalue weighted by molar-refractivity contribution is 5.93. The third-order valence-corrected chi connectivity index (χ3v) is 5.07. The molecule has 0 radical (unpaired) electrons. The standard InChI is InChI=1S/C17H30N6O.2ClH/c1-13(2)12-21-8-10-22(11-9-21)17(24)16-14(3)23(20-19-16)15-4-6-18-7-5-15;;/h13,15,18H,4-12H2,1-3H3;2*1H. The van der Waals surface area contributed by atoms with Crippen molar-refractivity contribution >= 4 is 30.7 Å². The number of amides is 1. The van der Waals surface area contributed by atoms with Gasteiger partial charge in [-0.15, -0.1) is 29.9 Å². The van der Waals surface area contributed by atoms with E-state index in [1.807, 2.05) is 16.5 Å². The summed E-state index contributed by atoms with van der Waals surface area (Å²) in [5, 5.41) is 11.9. The Balaban J connectivity index is 0.00000169. The van der Waals surface area contributed by atoms with E-state index in [1.165, 1.54) is 0 Å². The predicted molar refractivity (Wildman–Crippen MR) is 108 cm³/mol. The van der Waals surface area contributed by atoms with Gasteiger partial charge in [0.2, 0.25) is 0 Å². The Bertz CT molecular complexity index is 566. The number of carbonyl (C=O) groups is 1. The maximum atomic E-state index is 12.8. The van der Waals surface area contributed by atoms with Gasteiger partial charge in [-0.05, 0) is 38.8 Å². The van der Waals surface area contributed by atoms with Crippen molar-refractivity contribution in [2.45, 2.75) is 39.7 Å². The lowest BCUT2D eigenvalue weighted by atomic mass is 10.1. The van der Waals surface area contributed by atoms with Crippen LogP contribution >= 0.6 is 24.8 Å². The summed E-state index contributed by atoms with van der Waals surface area (Å²) in [5.41, 5.74) is 1.45. The van der Waals surface area contributed by atoms with Crippen LogP contribution in [0.3, 0.4) is 0 Å². The molecule has 1 N–H and O–H groups in total. The minimum atomic E-state index is 0. The Morgan fingerprint density at radius 3 is 2.35 bits per heavy atom. The highest BCUT2D eigenvalue weighted by atomic mass is 35.5. The number of aromatic nitrogens is 3. The Labute approximate surface area is 168 Å². The highest BCUT2D eigenvalue weighted by Crippen LogP contribution is 2.21. The quantitative estimate of drug-likeness (QED) is 0.824. The number of hydrogen-bond donors (Lipinski definition) is 1. The van der Waals surface area contributed by atoms with Crippen LogP contribution in [-0.4, -0.2) is 76.5 Å². The molecule has 2 saturated heterocycles. The molecule has 1 aromatic rings. The highest BCUT2D eigenvalue weighted by Gasteiger charge is 2.28. The molecule has 0 bridgehead atoms. The van der Waals surface area contributed by atoms with Crippen molar-refractivity contribution in [3.8, 4) is 0 Å². The van der Waals surface area contributed by atoms with Crippen molar-refractivity contribution in [1.29, 1.82) is 0 Å². The van der Waals surface area contributed by atoms with Gasteiger partial charge >= 0.3 is 0 Å². The van der Waals surface area contributed by atoms with Gasteiger partial charge in [-0.2, -0.15) is 0 Å². The number of piperazine rings is 1. The van der Waals surface area contributed by atoms with E-state index in [-0.39, 0.29) is 30.7 Å². The molecule has 0 aromatic carbocycles. The minimum absolute atomic E-state index is 0. The van der Waals surface area contributed by atoms with E-state index >= 15 is 0 Å². The first-order chi connectivity index (χ1) is 11.6. The molecule has 0 spiro atoms. The maximum Gasteiger partial charge on any atom is 0.276 e. The first-order valence-corrected chi connectivity index (χ1v) is 9.20. The summed E-state index contributed by atoms with van der Waals surface area (Å²) in [7, 11) is 0. The van der Waals surface area contributed by atoms with Gasteiger partial charge < -0.3 is 10.2 Å². The van der Waals surface area contributed by atoms with Crippen LogP contribution in [-0.2, 0) is 0 Å². The van der Waals surface area contributed by atoms with Crippen LogP contribution < -0.4 is 5.32 Å². The van der Waals surface area contributed by atoms with Crippen molar-refractivity contribution < 1.29 is 4.79 Å². The molecular weight excluding hydrogens is 375 g/mol. The SMILES string of the molecule is Cc1c(C(=O)N2CCN(CC(C)C)CC2)nnn1C1CCNCC1.Cl.Cl. The molecule has 3 rings (SSSR count). The van der Waals surface area contributed by atoms with Crippen LogP contribution in [0.1, 0.15) is 48.9 Å². The molecule has 150 valence electrons. The van der Waals surface area contributed by atoms with Crippen LogP contribution in [0.4, 0.5) is 0 Å². The molecule has 7 nitrogen and oxygen atoms in total. The second kappa shape index (κ2) is 10.4. The third kappa shape index (κ3) is 5.31. The summed E-state index contributed by atoms with van der Waals surface area (Å²) in [5.74, 6) is 0.705. The van der Waals surface area contributed by atoms with Crippen molar-refractivity contribution in [2.75, 3.05) is 45.8 Å². The molecule has 26 heavy (non-hydrogen) atoms.